The minimum Gasteiger partial charge on any atom is -0.748 e. The Morgan fingerprint density at radius 1 is 0.761 bits per heavy atom. The van der Waals surface area contributed by atoms with E-state index >= 15 is 0 Å². The van der Waals surface area contributed by atoms with Crippen molar-refractivity contribution in [3.63, 3.8) is 0 Å². The summed E-state index contributed by atoms with van der Waals surface area (Å²) in [4.78, 5) is 14.8. The smallest absolute Gasteiger partial charge is 0.748 e. The van der Waals surface area contributed by atoms with Crippen LogP contribution in [0.3, 0.4) is 0 Å². The van der Waals surface area contributed by atoms with Gasteiger partial charge in [0, 0.05) is 47.4 Å². The molecule has 3 aliphatic rings. The van der Waals surface area contributed by atoms with E-state index in [4.69, 9.17) is 34.7 Å². The average Bonchev–Trinajstić information content (AvgIpc) is 3.59. The average molecular weight is 1090 g/mol. The second-order valence-electron chi connectivity index (χ2n) is 16.8. The van der Waals surface area contributed by atoms with Gasteiger partial charge in [0.1, 0.15) is 15.9 Å². The molecule has 3 aromatic carbocycles. The number of benzene rings is 3. The van der Waals surface area contributed by atoms with Crippen molar-refractivity contribution in [2.24, 2.45) is 0 Å². The number of nitrogens with zero attached hydrogens (tertiary/aromatic N) is 2. The summed E-state index contributed by atoms with van der Waals surface area (Å²) in [5, 5.41) is 0. The van der Waals surface area contributed by atoms with Crippen LogP contribution in [-0.2, 0) is 61.8 Å². The predicted molar refractivity (Wildman–Crippen MR) is 245 cm³/mol. The Hall–Kier alpha value is -1.45. The zero-order valence-corrected chi connectivity index (χ0v) is 52.6. The number of ether oxygens (including phenoxy) is 2. The number of carbonyl (C=O) groups excluding carboxylic acids is 1. The molecule has 0 N–H and O–H groups in total. The first kappa shape index (κ1) is 69.5. The van der Waals surface area contributed by atoms with Gasteiger partial charge >= 0.3 is 139 Å². The Labute approximate surface area is 509 Å². The van der Waals surface area contributed by atoms with Gasteiger partial charge in [-0.25, -0.2) is 16.8 Å². The quantitative estimate of drug-likeness (QED) is 0.0378. The molecule has 364 valence electrons. The van der Waals surface area contributed by atoms with E-state index < -0.39 is 52.6 Å². The molecule has 71 heavy (non-hydrogen) atoms. The second kappa shape index (κ2) is 32.2. The molecule has 1 unspecified atom stereocenters. The van der Waals surface area contributed by atoms with Crippen molar-refractivity contribution in [3.8, 4) is 5.75 Å². The SMILES string of the molecule is CC1(C)/C(=C\C=C2/CCCC(/C=C/C3N(CCCCCOC=O)c4cc[c-]cc4C3(C)C)=C2Oc2cc[c-]cc2)N(CCCCS(=O)(=O)[O-])c2ccc(S(=O)(=O)[O-])cc21.O=S(=O)=O.O=S(=O)=O.[Na+].[Na+].[Na+].[Na+]. The monoisotopic (exact) mass is 1090 g/mol. The molecular formula is C46H52N2Na4O15S4. The van der Waals surface area contributed by atoms with Crippen molar-refractivity contribution in [1.82, 2.24) is 0 Å². The van der Waals surface area contributed by atoms with E-state index in [-0.39, 0.29) is 141 Å². The van der Waals surface area contributed by atoms with Gasteiger partial charge in [0.2, 0.25) is 0 Å². The first-order valence-corrected chi connectivity index (χ1v) is 26.1. The van der Waals surface area contributed by atoms with Crippen LogP contribution >= 0.6 is 0 Å². The van der Waals surface area contributed by atoms with Crippen LogP contribution in [0.2, 0.25) is 0 Å². The van der Waals surface area contributed by atoms with Crippen LogP contribution in [0.1, 0.15) is 90.2 Å². The third kappa shape index (κ3) is 20.9. The van der Waals surface area contributed by atoms with Crippen LogP contribution in [0.4, 0.5) is 11.4 Å². The van der Waals surface area contributed by atoms with E-state index in [9.17, 15) is 30.7 Å². The Morgan fingerprint density at radius 2 is 1.38 bits per heavy atom. The molecule has 1 aliphatic carbocycles. The molecule has 25 heteroatoms. The predicted octanol–water partition coefficient (Wildman–Crippen LogP) is -5.98. The van der Waals surface area contributed by atoms with Gasteiger partial charge in [-0.15, -0.1) is 49.0 Å². The number of rotatable bonds is 18. The van der Waals surface area contributed by atoms with E-state index in [1.165, 1.54) is 23.4 Å². The van der Waals surface area contributed by atoms with Crippen LogP contribution in [-0.4, -0.2) is 89.2 Å². The van der Waals surface area contributed by atoms with E-state index in [1.54, 1.807) is 6.07 Å². The Bertz CT molecular complexity index is 2800. The normalized spacial score (nSPS) is 17.4. The van der Waals surface area contributed by atoms with Gasteiger partial charge in [-0.3, -0.25) is 4.79 Å². The van der Waals surface area contributed by atoms with Crippen molar-refractivity contribution in [1.29, 1.82) is 0 Å². The molecule has 17 nitrogen and oxygen atoms in total. The Kier molecular flexibility index (Phi) is 31.5. The number of anilines is 2. The van der Waals surface area contributed by atoms with Crippen LogP contribution in [0, 0.1) is 12.1 Å². The molecule has 6 rings (SSSR count). The van der Waals surface area contributed by atoms with Gasteiger partial charge in [0.15, 0.2) is 0 Å². The molecule has 0 radical (unpaired) electrons. The third-order valence-electron chi connectivity index (χ3n) is 11.6. The summed E-state index contributed by atoms with van der Waals surface area (Å²) < 4.78 is 133. The van der Waals surface area contributed by atoms with Crippen LogP contribution in [0.15, 0.2) is 112 Å². The summed E-state index contributed by atoms with van der Waals surface area (Å²) in [7, 11) is -15.3. The van der Waals surface area contributed by atoms with Crippen molar-refractivity contribution >= 4 is 59.3 Å². The standard InChI is InChI=1S/C46H54N2O9S2.4Na.2O3S/c1-45(2)38-20-9-10-21-40(38)47(28-11-6-13-30-56-33-49)42(45)26-22-34-16-15-17-35(44(34)57-36-18-7-5-8-19-36)23-27-43-46(3,4)39-32-37(59(53,54)55)24-25-41(39)48(43)29-12-14-31-58(50,51)52;;;;;2*1-4(2)3/h7-8,10,18-27,32-33,42H,6,11-17,28-31H2,1-4H3,(H,50,51,52)(H,53,54,55);;;;;;/q-2;4*+1;;/p-2/b26-22+,35-23+,43-27+;;;;;;. The molecular weight excluding hydrogens is 1040 g/mol. The maximum absolute atomic E-state index is 12.1. The summed E-state index contributed by atoms with van der Waals surface area (Å²) in [5.41, 5.74) is 5.70. The van der Waals surface area contributed by atoms with Gasteiger partial charge in [-0.2, -0.15) is 36.4 Å². The molecule has 0 saturated carbocycles. The molecule has 0 fully saturated rings. The van der Waals surface area contributed by atoms with Gasteiger partial charge in [-0.05, 0) is 97.8 Å². The number of unbranched alkanes of at least 4 members (excludes halogenated alkanes) is 3. The van der Waals surface area contributed by atoms with Crippen LogP contribution in [0.5, 0.6) is 5.75 Å². The van der Waals surface area contributed by atoms with Crippen molar-refractivity contribution < 1.29 is 184 Å². The van der Waals surface area contributed by atoms with Crippen molar-refractivity contribution in [2.75, 3.05) is 35.2 Å². The number of allylic oxidation sites excluding steroid dienone is 6. The maximum Gasteiger partial charge on any atom is 1.00 e. The minimum atomic E-state index is -4.72. The molecule has 0 spiro atoms. The van der Waals surface area contributed by atoms with Crippen LogP contribution < -0.4 is 133 Å². The third-order valence-corrected chi connectivity index (χ3v) is 13.3. The molecule has 2 aliphatic heterocycles. The van der Waals surface area contributed by atoms with E-state index in [1.807, 2.05) is 61.2 Å². The van der Waals surface area contributed by atoms with Crippen molar-refractivity contribution in [2.45, 2.75) is 101 Å². The summed E-state index contributed by atoms with van der Waals surface area (Å²) in [6.07, 6.45) is 14.2. The number of carbonyl (C=O) groups is 1. The zero-order valence-electron chi connectivity index (χ0n) is 41.4. The molecule has 0 bridgehead atoms. The topological polar surface area (TPSA) is 259 Å². The van der Waals surface area contributed by atoms with Gasteiger partial charge in [0.05, 0.1) is 21.6 Å². The minimum absolute atomic E-state index is 0. The summed E-state index contributed by atoms with van der Waals surface area (Å²) in [5.74, 6) is 0.939. The van der Waals surface area contributed by atoms with Crippen LogP contribution in [0.25, 0.3) is 0 Å². The van der Waals surface area contributed by atoms with Gasteiger partial charge < -0.3 is 28.4 Å². The molecule has 0 saturated heterocycles. The fourth-order valence-corrected chi connectivity index (χ4v) is 9.63. The number of hydrogen-bond donors (Lipinski definition) is 0. The van der Waals surface area contributed by atoms with Gasteiger partial charge in [-0.1, -0.05) is 51.6 Å². The van der Waals surface area contributed by atoms with E-state index in [0.717, 1.165) is 67.7 Å². The first-order chi connectivity index (χ1) is 31.5. The van der Waals surface area contributed by atoms with E-state index in [2.05, 4.69) is 55.2 Å². The van der Waals surface area contributed by atoms with Gasteiger partial charge in [0.25, 0.3) is 6.47 Å². The van der Waals surface area contributed by atoms with Crippen molar-refractivity contribution in [3.05, 3.63) is 131 Å². The Morgan fingerprint density at radius 3 is 1.99 bits per heavy atom. The molecule has 0 aromatic heterocycles. The molecule has 1 atom stereocenters. The summed E-state index contributed by atoms with van der Waals surface area (Å²) in [6.45, 7) is 10.6. The summed E-state index contributed by atoms with van der Waals surface area (Å²) >= 11 is 0. The maximum atomic E-state index is 12.1. The molecule has 3 aromatic rings. The largest absolute Gasteiger partial charge is 1.00 e. The molecule has 2 heterocycles. The fraction of sp³-hybridized carbons (Fsp3) is 0.413. The number of fused-ring (bicyclic) bond motifs is 2. The first-order valence-electron chi connectivity index (χ1n) is 21.1. The summed E-state index contributed by atoms with van der Waals surface area (Å²) in [6, 6.07) is 24.3. The number of hydrogen-bond acceptors (Lipinski definition) is 17. The Balaban J connectivity index is 0.00000380. The molecule has 0 amide bonds. The van der Waals surface area contributed by atoms with E-state index in [0.29, 0.717) is 43.0 Å². The zero-order chi connectivity index (χ0) is 49.6. The second-order valence-corrected chi connectivity index (χ2v) is 20.5. The fourth-order valence-electron chi connectivity index (χ4n) is 8.58.